The molecular formula is C29H33NO5. The van der Waals surface area contributed by atoms with Crippen molar-refractivity contribution < 1.29 is 23.8 Å². The zero-order valence-electron chi connectivity index (χ0n) is 19.6. The second kappa shape index (κ2) is 11.6. The van der Waals surface area contributed by atoms with E-state index in [0.29, 0.717) is 0 Å². The molecule has 0 heterocycles. The summed E-state index contributed by atoms with van der Waals surface area (Å²) in [4.78, 5) is 25.3. The average Bonchev–Trinajstić information content (AvgIpc) is 3.18. The molecule has 184 valence electrons. The molecule has 0 aliphatic heterocycles. The molecule has 0 aromatic heterocycles. The van der Waals surface area contributed by atoms with Gasteiger partial charge in [0.2, 0.25) is 0 Å². The molecule has 0 saturated carbocycles. The van der Waals surface area contributed by atoms with Crippen molar-refractivity contribution in [3.05, 3.63) is 89.5 Å². The number of carbonyl (C=O) groups is 2. The normalized spacial score (nSPS) is 12.7. The molecule has 0 radical (unpaired) electrons. The topological polar surface area (TPSA) is 73.9 Å². The molecule has 35 heavy (non-hydrogen) atoms. The second-order valence-corrected chi connectivity index (χ2v) is 8.65. The van der Waals surface area contributed by atoms with Gasteiger partial charge in [0.05, 0.1) is 7.11 Å². The molecule has 0 bridgehead atoms. The molecular weight excluding hydrogens is 442 g/mol. The molecule has 1 aliphatic rings. The van der Waals surface area contributed by atoms with E-state index in [0.717, 1.165) is 33.6 Å². The number of fused-ring (bicyclic) bond motifs is 3. The molecule has 3 aromatic rings. The van der Waals surface area contributed by atoms with Gasteiger partial charge in [0.1, 0.15) is 25.0 Å². The van der Waals surface area contributed by atoms with Crippen LogP contribution in [0.1, 0.15) is 43.9 Å². The van der Waals surface area contributed by atoms with E-state index in [1.807, 2.05) is 50.2 Å². The van der Waals surface area contributed by atoms with Crippen LogP contribution in [0, 0.1) is 5.92 Å². The van der Waals surface area contributed by atoms with Gasteiger partial charge in [-0.15, -0.1) is 0 Å². The highest BCUT2D eigenvalue weighted by Crippen LogP contribution is 2.44. The van der Waals surface area contributed by atoms with Crippen LogP contribution < -0.4 is 10.1 Å². The molecule has 0 spiro atoms. The van der Waals surface area contributed by atoms with E-state index in [2.05, 4.69) is 29.6 Å². The van der Waals surface area contributed by atoms with Gasteiger partial charge in [0.25, 0.3) is 0 Å². The SMILES string of the molecule is C.COc1ccc(COC(=O)[C@H](NC(=O)OCC2c3ccccc3-c3ccccc32)C(C)C)cc1. The summed E-state index contributed by atoms with van der Waals surface area (Å²) in [6.07, 6.45) is -0.637. The Morgan fingerprint density at radius 2 is 1.43 bits per heavy atom. The molecule has 0 saturated heterocycles. The Kier molecular flexibility index (Phi) is 8.53. The standard InChI is InChI=1S/C28H29NO5.CH4/c1-18(2)26(27(30)33-16-19-12-14-20(32-3)15-13-19)29-28(31)34-17-25-23-10-6-4-8-21(23)22-9-5-7-11-24(22)25;/h4-15,18,25-26H,16-17H2,1-3H3,(H,29,31);1H4/t26-;/m1./s1. The summed E-state index contributed by atoms with van der Waals surface area (Å²) in [6.45, 7) is 4.00. The number of nitrogens with one attached hydrogen (secondary N) is 1. The molecule has 3 aromatic carbocycles. The highest BCUT2D eigenvalue weighted by Gasteiger charge is 2.30. The molecule has 6 nitrogen and oxygen atoms in total. The zero-order valence-corrected chi connectivity index (χ0v) is 19.6. The van der Waals surface area contributed by atoms with Crippen molar-refractivity contribution in [3.8, 4) is 16.9 Å². The number of rotatable bonds is 8. The molecule has 6 heteroatoms. The van der Waals surface area contributed by atoms with Crippen molar-refractivity contribution in [1.29, 1.82) is 0 Å². The van der Waals surface area contributed by atoms with Crippen LogP contribution >= 0.6 is 0 Å². The van der Waals surface area contributed by atoms with E-state index in [-0.39, 0.29) is 32.5 Å². The van der Waals surface area contributed by atoms with Crippen LogP contribution in [0.2, 0.25) is 0 Å². The molecule has 1 aliphatic carbocycles. The molecule has 4 rings (SSSR count). The van der Waals surface area contributed by atoms with E-state index >= 15 is 0 Å². The van der Waals surface area contributed by atoms with Gasteiger partial charge in [-0.2, -0.15) is 0 Å². The lowest BCUT2D eigenvalue weighted by Crippen LogP contribution is -2.45. The first kappa shape index (κ1) is 25.8. The molecule has 0 fully saturated rings. The van der Waals surface area contributed by atoms with Crippen molar-refractivity contribution in [1.82, 2.24) is 5.32 Å². The monoisotopic (exact) mass is 475 g/mol. The van der Waals surface area contributed by atoms with E-state index < -0.39 is 18.1 Å². The van der Waals surface area contributed by atoms with Crippen LogP contribution in [0.15, 0.2) is 72.8 Å². The quantitative estimate of drug-likeness (QED) is 0.408. The van der Waals surface area contributed by atoms with Gasteiger partial charge in [-0.05, 0) is 45.9 Å². The number of ether oxygens (including phenoxy) is 3. The van der Waals surface area contributed by atoms with Crippen LogP contribution in [0.4, 0.5) is 4.79 Å². The Morgan fingerprint density at radius 3 is 1.97 bits per heavy atom. The fraction of sp³-hybridized carbons (Fsp3) is 0.310. The number of esters is 1. The van der Waals surface area contributed by atoms with Gasteiger partial charge in [0, 0.05) is 5.92 Å². The van der Waals surface area contributed by atoms with E-state index in [1.165, 1.54) is 0 Å². The third-order valence-corrected chi connectivity index (χ3v) is 6.08. The third kappa shape index (κ3) is 5.83. The van der Waals surface area contributed by atoms with E-state index in [1.54, 1.807) is 19.2 Å². The number of hydrogen-bond acceptors (Lipinski definition) is 5. The van der Waals surface area contributed by atoms with E-state index in [9.17, 15) is 9.59 Å². The van der Waals surface area contributed by atoms with Crippen LogP contribution in [0.25, 0.3) is 11.1 Å². The maximum atomic E-state index is 12.7. The van der Waals surface area contributed by atoms with Crippen molar-refractivity contribution >= 4 is 12.1 Å². The Morgan fingerprint density at radius 1 is 0.857 bits per heavy atom. The number of benzene rings is 3. The smallest absolute Gasteiger partial charge is 0.407 e. The number of alkyl carbamates (subject to hydrolysis) is 1. The summed E-state index contributed by atoms with van der Waals surface area (Å²) in [5.74, 6) is 0.0212. The summed E-state index contributed by atoms with van der Waals surface area (Å²) in [5, 5.41) is 2.69. The Hall–Kier alpha value is -3.80. The number of carbonyl (C=O) groups excluding carboxylic acids is 2. The second-order valence-electron chi connectivity index (χ2n) is 8.65. The first-order chi connectivity index (χ1) is 16.5. The first-order valence-electron chi connectivity index (χ1n) is 11.4. The van der Waals surface area contributed by atoms with Gasteiger partial charge in [0.15, 0.2) is 0 Å². The minimum absolute atomic E-state index is 0. The lowest BCUT2D eigenvalue weighted by Gasteiger charge is -2.21. The summed E-state index contributed by atoms with van der Waals surface area (Å²) >= 11 is 0. The van der Waals surface area contributed by atoms with Crippen molar-refractivity contribution in [2.24, 2.45) is 5.92 Å². The van der Waals surface area contributed by atoms with Gasteiger partial charge >= 0.3 is 12.1 Å². The summed E-state index contributed by atoms with van der Waals surface area (Å²) in [5.41, 5.74) is 5.42. The predicted octanol–water partition coefficient (Wildman–Crippen LogP) is 5.94. The van der Waals surface area contributed by atoms with Crippen molar-refractivity contribution in [2.45, 2.75) is 39.8 Å². The Labute approximate surface area is 207 Å². The number of hydrogen-bond donors (Lipinski definition) is 1. The number of methoxy groups -OCH3 is 1. The van der Waals surface area contributed by atoms with Gasteiger partial charge in [-0.25, -0.2) is 9.59 Å². The largest absolute Gasteiger partial charge is 0.497 e. The lowest BCUT2D eigenvalue weighted by atomic mass is 9.98. The maximum Gasteiger partial charge on any atom is 0.407 e. The Balaban J connectivity index is 0.00000342. The van der Waals surface area contributed by atoms with Gasteiger partial charge < -0.3 is 19.5 Å². The molecule has 0 unspecified atom stereocenters. The highest BCUT2D eigenvalue weighted by atomic mass is 16.6. The van der Waals surface area contributed by atoms with Crippen LogP contribution in [-0.4, -0.2) is 31.8 Å². The van der Waals surface area contributed by atoms with Crippen molar-refractivity contribution in [2.75, 3.05) is 13.7 Å². The summed E-state index contributed by atoms with van der Waals surface area (Å²) in [7, 11) is 1.59. The minimum Gasteiger partial charge on any atom is -0.497 e. The van der Waals surface area contributed by atoms with Gasteiger partial charge in [-0.3, -0.25) is 0 Å². The minimum atomic E-state index is -0.811. The number of amides is 1. The average molecular weight is 476 g/mol. The summed E-state index contributed by atoms with van der Waals surface area (Å²) < 4.78 is 16.2. The molecule has 1 amide bonds. The zero-order chi connectivity index (χ0) is 24.1. The summed E-state index contributed by atoms with van der Waals surface area (Å²) in [6, 6.07) is 22.8. The van der Waals surface area contributed by atoms with Crippen LogP contribution in [0.5, 0.6) is 5.75 Å². The van der Waals surface area contributed by atoms with Crippen LogP contribution in [0.3, 0.4) is 0 Å². The highest BCUT2D eigenvalue weighted by molar-refractivity contribution is 5.82. The first-order valence-corrected chi connectivity index (χ1v) is 11.4. The molecule has 1 N–H and O–H groups in total. The third-order valence-electron chi connectivity index (χ3n) is 6.08. The van der Waals surface area contributed by atoms with Crippen LogP contribution in [-0.2, 0) is 20.9 Å². The predicted molar refractivity (Wildman–Crippen MR) is 136 cm³/mol. The molecule has 1 atom stereocenters. The maximum absolute atomic E-state index is 12.7. The lowest BCUT2D eigenvalue weighted by molar-refractivity contribution is -0.148. The fourth-order valence-corrected chi connectivity index (χ4v) is 4.23. The van der Waals surface area contributed by atoms with Crippen molar-refractivity contribution in [3.63, 3.8) is 0 Å². The Bertz CT molecular complexity index is 1110. The fourth-order valence-electron chi connectivity index (χ4n) is 4.23. The van der Waals surface area contributed by atoms with Gasteiger partial charge in [-0.1, -0.05) is 81.9 Å². The van der Waals surface area contributed by atoms with E-state index in [4.69, 9.17) is 14.2 Å².